The van der Waals surface area contributed by atoms with Gasteiger partial charge in [0.2, 0.25) is 0 Å². The van der Waals surface area contributed by atoms with Gasteiger partial charge in [0.25, 0.3) is 5.91 Å². The molecule has 3 heterocycles. The Balaban J connectivity index is 1.48. The van der Waals surface area contributed by atoms with E-state index in [0.29, 0.717) is 18.8 Å². The number of hydrogen-bond acceptors (Lipinski definition) is 6. The van der Waals surface area contributed by atoms with Crippen LogP contribution in [0.5, 0.6) is 0 Å². The van der Waals surface area contributed by atoms with Crippen LogP contribution in [-0.4, -0.2) is 34.1 Å². The molecule has 0 saturated carbocycles. The number of nitrogens with zero attached hydrogens (tertiary/aromatic N) is 2. The van der Waals surface area contributed by atoms with Crippen LogP contribution < -0.4 is 11.1 Å². The molecule has 0 radical (unpaired) electrons. The number of furan rings is 1. The predicted molar refractivity (Wildman–Crippen MR) is 124 cm³/mol. The van der Waals surface area contributed by atoms with Gasteiger partial charge in [0.1, 0.15) is 11.3 Å². The molecular weight excluding hydrogens is 410 g/mol. The van der Waals surface area contributed by atoms with Crippen molar-refractivity contribution in [2.75, 3.05) is 13.1 Å². The van der Waals surface area contributed by atoms with Gasteiger partial charge in [0.05, 0.1) is 6.26 Å². The van der Waals surface area contributed by atoms with E-state index in [1.807, 2.05) is 49.7 Å². The maximum Gasteiger partial charge on any atom is 0.268 e. The average molecular weight is 438 g/mol. The summed E-state index contributed by atoms with van der Waals surface area (Å²) in [6, 6.07) is 7.82. The molecule has 1 aliphatic heterocycles. The Bertz CT molecular complexity index is 1190. The van der Waals surface area contributed by atoms with E-state index in [9.17, 15) is 4.79 Å². The van der Waals surface area contributed by atoms with Gasteiger partial charge in [-0.1, -0.05) is 12.1 Å². The lowest BCUT2D eigenvalue weighted by molar-refractivity contribution is 0.0942. The Morgan fingerprint density at radius 1 is 1.39 bits per heavy atom. The fourth-order valence-corrected chi connectivity index (χ4v) is 4.96. The highest BCUT2D eigenvalue weighted by atomic mass is 32.2. The van der Waals surface area contributed by atoms with E-state index in [2.05, 4.69) is 9.62 Å². The summed E-state index contributed by atoms with van der Waals surface area (Å²) in [5, 5.41) is 11.7. The summed E-state index contributed by atoms with van der Waals surface area (Å²) >= 11 is 1.61. The lowest BCUT2D eigenvalue weighted by Crippen LogP contribution is -2.29. The molecule has 1 aliphatic rings. The molecule has 0 unspecified atom stereocenters. The maximum atomic E-state index is 13.0. The van der Waals surface area contributed by atoms with Gasteiger partial charge in [0.15, 0.2) is 0 Å². The fourth-order valence-electron chi connectivity index (χ4n) is 3.86. The van der Waals surface area contributed by atoms with Crippen LogP contribution in [0.2, 0.25) is 0 Å². The number of amides is 1. The van der Waals surface area contributed by atoms with Crippen molar-refractivity contribution in [1.82, 2.24) is 14.2 Å². The minimum Gasteiger partial charge on any atom is -0.464 e. The summed E-state index contributed by atoms with van der Waals surface area (Å²) in [5.41, 5.74) is 12.2. The number of nitrogens with two attached hydrogens (primary N) is 1. The lowest BCUT2D eigenvalue weighted by atomic mass is 10.1. The molecule has 1 amide bonds. The SMILES string of the molecule is Cc1coc2cccc(CNC(=O)c3cc(SN4CCC(N)=C(C=N)C4)c(C)n3C)c12. The van der Waals surface area contributed by atoms with E-state index in [1.54, 1.807) is 18.2 Å². The number of carbonyl (C=O) groups excluding carboxylic acids is 1. The van der Waals surface area contributed by atoms with Gasteiger partial charge in [-0.15, -0.1) is 0 Å². The number of aryl methyl sites for hydroxylation is 1. The van der Waals surface area contributed by atoms with Crippen molar-refractivity contribution in [3.8, 4) is 0 Å². The summed E-state index contributed by atoms with van der Waals surface area (Å²) in [4.78, 5) is 14.0. The van der Waals surface area contributed by atoms with Crippen LogP contribution >= 0.6 is 11.9 Å². The summed E-state index contributed by atoms with van der Waals surface area (Å²) in [6.45, 7) is 5.90. The second kappa shape index (κ2) is 8.64. The first-order chi connectivity index (χ1) is 14.9. The van der Waals surface area contributed by atoms with E-state index in [4.69, 9.17) is 15.6 Å². The smallest absolute Gasteiger partial charge is 0.268 e. The molecular formula is C23H27N5O2S. The van der Waals surface area contributed by atoms with E-state index < -0.39 is 0 Å². The monoisotopic (exact) mass is 437 g/mol. The molecule has 0 atom stereocenters. The van der Waals surface area contributed by atoms with Crippen molar-refractivity contribution in [2.24, 2.45) is 12.8 Å². The Labute approximate surface area is 185 Å². The van der Waals surface area contributed by atoms with Gasteiger partial charge in [-0.25, -0.2) is 4.31 Å². The van der Waals surface area contributed by atoms with Crippen LogP contribution in [0.4, 0.5) is 0 Å². The molecule has 0 bridgehead atoms. The average Bonchev–Trinajstić information content (AvgIpc) is 3.28. The third-order valence-electron chi connectivity index (χ3n) is 5.82. The molecule has 162 valence electrons. The van der Waals surface area contributed by atoms with Gasteiger partial charge < -0.3 is 25.4 Å². The van der Waals surface area contributed by atoms with Crippen molar-refractivity contribution in [1.29, 1.82) is 5.41 Å². The molecule has 0 saturated heterocycles. The second-order valence-electron chi connectivity index (χ2n) is 7.83. The minimum absolute atomic E-state index is 0.112. The number of benzene rings is 1. The summed E-state index contributed by atoms with van der Waals surface area (Å²) < 4.78 is 9.67. The van der Waals surface area contributed by atoms with E-state index in [0.717, 1.165) is 56.9 Å². The third kappa shape index (κ3) is 4.13. The molecule has 0 fully saturated rings. The number of rotatable bonds is 6. The fraction of sp³-hybridized carbons (Fsp3) is 0.304. The highest BCUT2D eigenvalue weighted by Crippen LogP contribution is 2.31. The molecule has 3 aromatic rings. The first-order valence-electron chi connectivity index (χ1n) is 10.2. The number of fused-ring (bicyclic) bond motifs is 1. The molecule has 4 rings (SSSR count). The third-order valence-corrected chi connectivity index (χ3v) is 7.00. The zero-order valence-corrected chi connectivity index (χ0v) is 18.8. The van der Waals surface area contributed by atoms with Crippen LogP contribution in [0.25, 0.3) is 11.0 Å². The zero-order chi connectivity index (χ0) is 22.1. The van der Waals surface area contributed by atoms with Crippen molar-refractivity contribution < 1.29 is 9.21 Å². The normalized spacial score (nSPS) is 14.9. The van der Waals surface area contributed by atoms with Gasteiger partial charge in [0, 0.05) is 66.6 Å². The standard InChI is InChI=1S/C23H27N5O2S/c1-14-13-30-20-6-4-5-16(22(14)20)11-26-23(29)19-9-21(15(2)27(19)3)31-28-8-7-18(25)17(10-24)12-28/h4-6,9-10,13,24H,7-8,11-12,25H2,1-3H3,(H,26,29). The first kappa shape index (κ1) is 21.3. The molecule has 4 N–H and O–H groups in total. The summed E-state index contributed by atoms with van der Waals surface area (Å²) in [6.07, 6.45) is 3.82. The maximum absolute atomic E-state index is 13.0. The van der Waals surface area contributed by atoms with Gasteiger partial charge in [-0.05, 0) is 49.1 Å². The largest absolute Gasteiger partial charge is 0.464 e. The van der Waals surface area contributed by atoms with Crippen molar-refractivity contribution in [3.05, 3.63) is 64.3 Å². The lowest BCUT2D eigenvalue weighted by Gasteiger charge is -2.26. The summed E-state index contributed by atoms with van der Waals surface area (Å²) in [5.74, 6) is -0.112. The molecule has 1 aromatic carbocycles. The van der Waals surface area contributed by atoms with Gasteiger partial charge in [-0.3, -0.25) is 4.79 Å². The van der Waals surface area contributed by atoms with Crippen molar-refractivity contribution >= 4 is 35.0 Å². The van der Waals surface area contributed by atoms with Gasteiger partial charge in [-0.2, -0.15) is 0 Å². The Morgan fingerprint density at radius 3 is 2.97 bits per heavy atom. The second-order valence-corrected chi connectivity index (χ2v) is 8.97. The topological polar surface area (TPSA) is 100 Å². The summed E-state index contributed by atoms with van der Waals surface area (Å²) in [7, 11) is 1.91. The van der Waals surface area contributed by atoms with Crippen LogP contribution in [0, 0.1) is 19.3 Å². The van der Waals surface area contributed by atoms with E-state index in [-0.39, 0.29) is 5.91 Å². The number of aromatic nitrogens is 1. The Hall–Kier alpha value is -2.97. The van der Waals surface area contributed by atoms with Crippen LogP contribution in [0.15, 0.2) is 51.1 Å². The predicted octanol–water partition coefficient (Wildman–Crippen LogP) is 3.89. The molecule has 31 heavy (non-hydrogen) atoms. The number of carbonyl (C=O) groups is 1. The van der Waals surface area contributed by atoms with E-state index in [1.165, 1.54) is 6.21 Å². The number of nitrogens with one attached hydrogen (secondary N) is 2. The van der Waals surface area contributed by atoms with Crippen molar-refractivity contribution in [3.63, 3.8) is 0 Å². The Morgan fingerprint density at radius 2 is 2.19 bits per heavy atom. The molecule has 2 aromatic heterocycles. The molecule has 7 nitrogen and oxygen atoms in total. The molecule has 8 heteroatoms. The first-order valence-corrected chi connectivity index (χ1v) is 11.0. The molecule has 0 aliphatic carbocycles. The van der Waals surface area contributed by atoms with Crippen LogP contribution in [-0.2, 0) is 13.6 Å². The van der Waals surface area contributed by atoms with E-state index >= 15 is 0 Å². The van der Waals surface area contributed by atoms with Crippen LogP contribution in [0.3, 0.4) is 0 Å². The van der Waals surface area contributed by atoms with Gasteiger partial charge >= 0.3 is 0 Å². The highest BCUT2D eigenvalue weighted by molar-refractivity contribution is 7.97. The van der Waals surface area contributed by atoms with Crippen molar-refractivity contribution in [2.45, 2.75) is 31.7 Å². The number of hydrogen-bond donors (Lipinski definition) is 3. The zero-order valence-electron chi connectivity index (χ0n) is 18.0. The van der Waals surface area contributed by atoms with Crippen LogP contribution in [0.1, 0.15) is 33.7 Å². The minimum atomic E-state index is -0.112. The highest BCUT2D eigenvalue weighted by Gasteiger charge is 2.21. The molecule has 0 spiro atoms. The Kier molecular flexibility index (Phi) is 5.93. The quantitative estimate of drug-likeness (QED) is 0.401.